The second-order valence-electron chi connectivity index (χ2n) is 4.83. The Labute approximate surface area is 108 Å². The molecule has 0 atom stereocenters. The van der Waals surface area contributed by atoms with Crippen LogP contribution in [0.25, 0.3) is 0 Å². The van der Waals surface area contributed by atoms with Gasteiger partial charge in [0.2, 0.25) is 5.91 Å². The Kier molecular flexibility index (Phi) is 4.75. The minimum Gasteiger partial charge on any atom is -0.359 e. The maximum absolute atomic E-state index is 11.0. The molecule has 1 amide bonds. The summed E-state index contributed by atoms with van der Waals surface area (Å²) in [5, 5.41) is 10.4. The Morgan fingerprint density at radius 2 is 2.28 bits per heavy atom. The Morgan fingerprint density at radius 3 is 3.00 bits per heavy atom. The van der Waals surface area contributed by atoms with E-state index in [1.807, 2.05) is 0 Å². The van der Waals surface area contributed by atoms with Gasteiger partial charge in [-0.15, -0.1) is 0 Å². The third kappa shape index (κ3) is 3.57. The summed E-state index contributed by atoms with van der Waals surface area (Å²) in [5.74, 6) is 0.0685. The summed E-state index contributed by atoms with van der Waals surface area (Å²) < 4.78 is 2.10. The highest BCUT2D eigenvalue weighted by atomic mass is 16.1. The number of carbonyl (C=O) groups is 1. The molecule has 2 rings (SSSR count). The molecule has 1 aromatic rings. The highest BCUT2D eigenvalue weighted by Crippen LogP contribution is 2.28. The second-order valence-corrected chi connectivity index (χ2v) is 4.83. The van der Waals surface area contributed by atoms with Gasteiger partial charge >= 0.3 is 0 Å². The van der Waals surface area contributed by atoms with Crippen molar-refractivity contribution in [3.05, 3.63) is 18.0 Å². The highest BCUT2D eigenvalue weighted by molar-refractivity contribution is 5.75. The molecule has 5 nitrogen and oxygen atoms in total. The van der Waals surface area contributed by atoms with E-state index < -0.39 is 0 Å². The molecule has 1 fully saturated rings. The van der Waals surface area contributed by atoms with E-state index in [9.17, 15) is 4.79 Å². The maximum atomic E-state index is 11.0. The molecule has 0 saturated heterocycles. The number of hydrogen-bond acceptors (Lipinski definition) is 3. The zero-order valence-electron chi connectivity index (χ0n) is 11.0. The molecule has 100 valence electrons. The first kappa shape index (κ1) is 13.1. The lowest BCUT2D eigenvalue weighted by atomic mass is 10.3. The summed E-state index contributed by atoms with van der Waals surface area (Å²) in [6.07, 6.45) is 7.75. The third-order valence-corrected chi connectivity index (χ3v) is 3.48. The molecule has 1 aliphatic carbocycles. The first-order valence-corrected chi connectivity index (χ1v) is 6.75. The van der Waals surface area contributed by atoms with Gasteiger partial charge in [-0.2, -0.15) is 5.10 Å². The van der Waals surface area contributed by atoms with Gasteiger partial charge in [0.1, 0.15) is 0 Å². The summed E-state index contributed by atoms with van der Waals surface area (Å²) in [6.45, 7) is 1.42. The van der Waals surface area contributed by atoms with Gasteiger partial charge in [0.05, 0.1) is 11.7 Å². The van der Waals surface area contributed by atoms with Crippen LogP contribution in [-0.4, -0.2) is 29.3 Å². The molecule has 1 heterocycles. The minimum atomic E-state index is 0.0685. The van der Waals surface area contributed by atoms with E-state index in [0.29, 0.717) is 19.0 Å². The van der Waals surface area contributed by atoms with Gasteiger partial charge in [0.25, 0.3) is 0 Å². The van der Waals surface area contributed by atoms with E-state index in [2.05, 4.69) is 32.7 Å². The second kappa shape index (κ2) is 6.54. The van der Waals surface area contributed by atoms with Gasteiger partial charge in [-0.1, -0.05) is 12.8 Å². The quantitative estimate of drug-likeness (QED) is 0.746. The molecule has 0 spiro atoms. The van der Waals surface area contributed by atoms with Crippen molar-refractivity contribution in [2.24, 2.45) is 0 Å². The normalized spacial score (nSPS) is 16.1. The van der Waals surface area contributed by atoms with E-state index in [1.165, 1.54) is 25.7 Å². The summed E-state index contributed by atoms with van der Waals surface area (Å²) in [5.41, 5.74) is 1.05. The molecule has 1 aliphatic rings. The summed E-state index contributed by atoms with van der Waals surface area (Å²) in [6, 6.07) is 2.66. The van der Waals surface area contributed by atoms with Crippen LogP contribution in [0.2, 0.25) is 0 Å². The average Bonchev–Trinajstić information content (AvgIpc) is 3.04. The molecule has 18 heavy (non-hydrogen) atoms. The van der Waals surface area contributed by atoms with Crippen LogP contribution < -0.4 is 10.6 Å². The topological polar surface area (TPSA) is 59.0 Å². The maximum Gasteiger partial charge on any atom is 0.221 e. The molecule has 0 radical (unpaired) electrons. The largest absolute Gasteiger partial charge is 0.359 e. The van der Waals surface area contributed by atoms with E-state index in [1.54, 1.807) is 7.05 Å². The molecule has 1 aromatic heterocycles. The van der Waals surface area contributed by atoms with Crippen molar-refractivity contribution < 1.29 is 4.79 Å². The first-order chi connectivity index (χ1) is 8.79. The van der Waals surface area contributed by atoms with Crippen LogP contribution in [0.3, 0.4) is 0 Å². The molecule has 0 aromatic carbocycles. The Morgan fingerprint density at radius 1 is 1.50 bits per heavy atom. The van der Waals surface area contributed by atoms with Gasteiger partial charge in [-0.25, -0.2) is 0 Å². The molecule has 0 bridgehead atoms. The summed E-state index contributed by atoms with van der Waals surface area (Å²) in [4.78, 5) is 11.0. The van der Waals surface area contributed by atoms with Crippen molar-refractivity contribution in [1.29, 1.82) is 0 Å². The minimum absolute atomic E-state index is 0.0685. The van der Waals surface area contributed by atoms with Crippen LogP contribution in [-0.2, 0) is 11.3 Å². The van der Waals surface area contributed by atoms with Crippen LogP contribution in [0.5, 0.6) is 0 Å². The number of hydrogen-bond donors (Lipinski definition) is 2. The lowest BCUT2D eigenvalue weighted by Crippen LogP contribution is -2.24. The predicted molar refractivity (Wildman–Crippen MR) is 70.1 cm³/mol. The lowest BCUT2D eigenvalue weighted by molar-refractivity contribution is -0.120. The Bertz CT molecular complexity index is 382. The van der Waals surface area contributed by atoms with Crippen LogP contribution in [0.1, 0.15) is 43.8 Å². The van der Waals surface area contributed by atoms with E-state index in [4.69, 9.17) is 0 Å². The lowest BCUT2D eigenvalue weighted by Gasteiger charge is -2.08. The number of aromatic nitrogens is 2. The fraction of sp³-hybridized carbons (Fsp3) is 0.692. The molecule has 0 aliphatic heterocycles. The van der Waals surface area contributed by atoms with Gasteiger partial charge in [0.15, 0.2) is 0 Å². The van der Waals surface area contributed by atoms with Crippen molar-refractivity contribution in [2.75, 3.05) is 13.6 Å². The van der Waals surface area contributed by atoms with Crippen LogP contribution >= 0.6 is 0 Å². The van der Waals surface area contributed by atoms with Crippen molar-refractivity contribution in [3.8, 4) is 0 Å². The summed E-state index contributed by atoms with van der Waals surface area (Å²) in [7, 11) is 1.66. The van der Waals surface area contributed by atoms with Crippen LogP contribution in [0, 0.1) is 0 Å². The average molecular weight is 250 g/mol. The van der Waals surface area contributed by atoms with Gasteiger partial charge < -0.3 is 10.6 Å². The van der Waals surface area contributed by atoms with Crippen molar-refractivity contribution in [3.63, 3.8) is 0 Å². The Hall–Kier alpha value is -1.36. The Balaban J connectivity index is 1.71. The van der Waals surface area contributed by atoms with Crippen LogP contribution in [0.15, 0.2) is 12.3 Å². The number of nitrogens with one attached hydrogen (secondary N) is 2. The third-order valence-electron chi connectivity index (χ3n) is 3.48. The van der Waals surface area contributed by atoms with Gasteiger partial charge in [-0.05, 0) is 18.9 Å². The monoisotopic (exact) mass is 250 g/mol. The molecule has 0 unspecified atom stereocenters. The van der Waals surface area contributed by atoms with E-state index >= 15 is 0 Å². The zero-order chi connectivity index (χ0) is 12.8. The van der Waals surface area contributed by atoms with Gasteiger partial charge in [-0.3, -0.25) is 9.48 Å². The SMILES string of the molecule is CNC(=O)CCNCc1ccn(C2CCCC2)n1. The fourth-order valence-electron chi connectivity index (χ4n) is 2.39. The zero-order valence-corrected chi connectivity index (χ0v) is 11.0. The molecular weight excluding hydrogens is 228 g/mol. The number of rotatable bonds is 6. The van der Waals surface area contributed by atoms with Crippen LogP contribution in [0.4, 0.5) is 0 Å². The molecule has 5 heteroatoms. The fourth-order valence-corrected chi connectivity index (χ4v) is 2.39. The standard InChI is InChI=1S/C13H22N4O/c1-14-13(18)6-8-15-10-11-7-9-17(16-11)12-4-2-3-5-12/h7,9,12,15H,2-6,8,10H2,1H3,(H,14,18). The predicted octanol–water partition coefficient (Wildman–Crippen LogP) is 1.22. The molecule has 2 N–H and O–H groups in total. The first-order valence-electron chi connectivity index (χ1n) is 6.75. The molecule has 1 saturated carbocycles. The smallest absolute Gasteiger partial charge is 0.221 e. The number of nitrogens with zero attached hydrogens (tertiary/aromatic N) is 2. The van der Waals surface area contributed by atoms with Crippen molar-refractivity contribution >= 4 is 5.91 Å². The highest BCUT2D eigenvalue weighted by Gasteiger charge is 2.17. The summed E-state index contributed by atoms with van der Waals surface area (Å²) >= 11 is 0. The van der Waals surface area contributed by atoms with Crippen molar-refractivity contribution in [2.45, 2.75) is 44.7 Å². The molecular formula is C13H22N4O. The van der Waals surface area contributed by atoms with Crippen molar-refractivity contribution in [1.82, 2.24) is 20.4 Å². The number of carbonyl (C=O) groups excluding carboxylic acids is 1. The van der Waals surface area contributed by atoms with Gasteiger partial charge in [0, 0.05) is 32.8 Å². The van der Waals surface area contributed by atoms with E-state index in [0.717, 1.165) is 12.2 Å². The van der Waals surface area contributed by atoms with E-state index in [-0.39, 0.29) is 5.91 Å². The number of amides is 1.